The van der Waals surface area contributed by atoms with Gasteiger partial charge < -0.3 is 10.1 Å². The van der Waals surface area contributed by atoms with Crippen molar-refractivity contribution in [3.8, 4) is 0 Å². The Morgan fingerprint density at radius 1 is 1.27 bits per heavy atom. The number of ether oxygens (including phenoxy) is 1. The number of likely N-dealkylation sites (tertiary alicyclic amines) is 1. The Hall–Kier alpha value is -2.22. The molecule has 3 rings (SSSR count). The zero-order valence-corrected chi connectivity index (χ0v) is 15.3. The summed E-state index contributed by atoms with van der Waals surface area (Å²) in [7, 11) is 0. The van der Waals surface area contributed by atoms with Crippen molar-refractivity contribution in [3.05, 3.63) is 23.8 Å². The van der Waals surface area contributed by atoms with Gasteiger partial charge >= 0.3 is 6.09 Å². The second-order valence-corrected chi connectivity index (χ2v) is 6.87. The average molecular weight is 361 g/mol. The molecule has 0 spiro atoms. The second-order valence-electron chi connectivity index (χ2n) is 6.87. The number of amides is 2. The van der Waals surface area contributed by atoms with Crippen molar-refractivity contribution < 1.29 is 14.3 Å². The summed E-state index contributed by atoms with van der Waals surface area (Å²) in [4.78, 5) is 36.1. The molecule has 0 saturated carbocycles. The molecule has 2 fully saturated rings. The van der Waals surface area contributed by atoms with Gasteiger partial charge in [-0.25, -0.2) is 14.8 Å². The molecule has 2 aliphatic heterocycles. The fourth-order valence-electron chi connectivity index (χ4n) is 3.38. The maximum absolute atomic E-state index is 12.2. The fourth-order valence-corrected chi connectivity index (χ4v) is 3.38. The zero-order valence-electron chi connectivity index (χ0n) is 15.3. The van der Waals surface area contributed by atoms with Crippen LogP contribution in [0.25, 0.3) is 0 Å². The lowest BCUT2D eigenvalue weighted by Crippen LogP contribution is -2.42. The Kier molecular flexibility index (Phi) is 6.38. The van der Waals surface area contributed by atoms with Gasteiger partial charge in [0.25, 0.3) is 0 Å². The molecule has 1 aromatic rings. The third kappa shape index (κ3) is 5.14. The van der Waals surface area contributed by atoms with Crippen molar-refractivity contribution in [1.29, 1.82) is 0 Å². The molecule has 2 aliphatic rings. The first kappa shape index (κ1) is 18.6. The minimum atomic E-state index is -0.400. The Morgan fingerprint density at radius 2 is 2.08 bits per heavy atom. The summed E-state index contributed by atoms with van der Waals surface area (Å²) < 4.78 is 4.85. The van der Waals surface area contributed by atoms with Crippen molar-refractivity contribution in [2.45, 2.75) is 45.2 Å². The summed E-state index contributed by atoms with van der Waals surface area (Å²) >= 11 is 0. The lowest BCUT2D eigenvalue weighted by Gasteiger charge is -2.21. The number of carbonyl (C=O) groups is 2. The quantitative estimate of drug-likeness (QED) is 0.812. The van der Waals surface area contributed by atoms with Crippen LogP contribution in [0, 0.1) is 0 Å². The highest BCUT2D eigenvalue weighted by Crippen LogP contribution is 2.14. The highest BCUT2D eigenvalue weighted by atomic mass is 16.6. The first-order valence-corrected chi connectivity index (χ1v) is 9.37. The minimum Gasteiger partial charge on any atom is -0.448 e. The van der Waals surface area contributed by atoms with Crippen LogP contribution in [-0.2, 0) is 22.5 Å². The van der Waals surface area contributed by atoms with E-state index in [0.717, 1.165) is 56.7 Å². The van der Waals surface area contributed by atoms with Crippen LogP contribution in [-0.4, -0.2) is 70.6 Å². The number of aryl methyl sites for hydroxylation is 1. The van der Waals surface area contributed by atoms with Crippen LogP contribution in [0.1, 0.15) is 37.6 Å². The van der Waals surface area contributed by atoms with Gasteiger partial charge in [0.05, 0.1) is 6.54 Å². The SMILES string of the molecule is CCc1ncc(CN2CCC[C@H](NC(=O)CN3CCOC3=O)CC2)cn1. The van der Waals surface area contributed by atoms with Gasteiger partial charge in [0.2, 0.25) is 5.91 Å². The molecular weight excluding hydrogens is 334 g/mol. The Balaban J connectivity index is 1.43. The number of hydrogen-bond acceptors (Lipinski definition) is 6. The summed E-state index contributed by atoms with van der Waals surface area (Å²) in [6.07, 6.45) is 7.16. The van der Waals surface area contributed by atoms with Crippen molar-refractivity contribution in [1.82, 2.24) is 25.1 Å². The predicted molar refractivity (Wildman–Crippen MR) is 95.4 cm³/mol. The van der Waals surface area contributed by atoms with Crippen molar-refractivity contribution in [2.24, 2.45) is 0 Å². The van der Waals surface area contributed by atoms with Gasteiger partial charge in [-0.3, -0.25) is 14.6 Å². The van der Waals surface area contributed by atoms with E-state index < -0.39 is 6.09 Å². The lowest BCUT2D eigenvalue weighted by molar-refractivity contribution is -0.122. The van der Waals surface area contributed by atoms with Gasteiger partial charge in [-0.05, 0) is 25.8 Å². The molecule has 0 aliphatic carbocycles. The van der Waals surface area contributed by atoms with Crippen LogP contribution in [0.15, 0.2) is 12.4 Å². The summed E-state index contributed by atoms with van der Waals surface area (Å²) in [5, 5.41) is 3.07. The summed E-state index contributed by atoms with van der Waals surface area (Å²) in [6.45, 7) is 5.75. The van der Waals surface area contributed by atoms with Crippen molar-refractivity contribution in [2.75, 3.05) is 32.8 Å². The van der Waals surface area contributed by atoms with E-state index in [1.165, 1.54) is 4.90 Å². The predicted octanol–water partition coefficient (Wildman–Crippen LogP) is 0.962. The van der Waals surface area contributed by atoms with Crippen LogP contribution in [0.3, 0.4) is 0 Å². The number of aromatic nitrogens is 2. The molecule has 2 saturated heterocycles. The van der Waals surface area contributed by atoms with E-state index in [-0.39, 0.29) is 18.5 Å². The van der Waals surface area contributed by atoms with E-state index in [1.54, 1.807) is 0 Å². The third-order valence-corrected chi connectivity index (χ3v) is 4.85. The number of hydrogen-bond donors (Lipinski definition) is 1. The third-order valence-electron chi connectivity index (χ3n) is 4.85. The molecule has 8 nitrogen and oxygen atoms in total. The van der Waals surface area contributed by atoms with E-state index in [9.17, 15) is 9.59 Å². The van der Waals surface area contributed by atoms with Gasteiger partial charge in [0, 0.05) is 43.5 Å². The summed E-state index contributed by atoms with van der Waals surface area (Å²) in [5.74, 6) is 0.764. The van der Waals surface area contributed by atoms with Gasteiger partial charge in [0.15, 0.2) is 0 Å². The van der Waals surface area contributed by atoms with Crippen LogP contribution in [0.4, 0.5) is 4.79 Å². The smallest absolute Gasteiger partial charge is 0.410 e. The largest absolute Gasteiger partial charge is 0.448 e. The molecule has 1 atom stereocenters. The highest BCUT2D eigenvalue weighted by Gasteiger charge is 2.25. The average Bonchev–Trinajstić information content (AvgIpc) is 2.91. The summed E-state index contributed by atoms with van der Waals surface area (Å²) in [5.41, 5.74) is 1.12. The maximum Gasteiger partial charge on any atom is 0.410 e. The Morgan fingerprint density at radius 3 is 2.77 bits per heavy atom. The van der Waals surface area contributed by atoms with Crippen molar-refractivity contribution in [3.63, 3.8) is 0 Å². The first-order chi connectivity index (χ1) is 12.6. The molecule has 2 amide bonds. The number of cyclic esters (lactones) is 1. The van der Waals surface area contributed by atoms with Gasteiger partial charge in [-0.2, -0.15) is 0 Å². The maximum atomic E-state index is 12.2. The van der Waals surface area contributed by atoms with Crippen LogP contribution >= 0.6 is 0 Å². The second kappa shape index (κ2) is 8.93. The molecule has 0 aromatic carbocycles. The van der Waals surface area contributed by atoms with Gasteiger partial charge in [-0.15, -0.1) is 0 Å². The monoisotopic (exact) mass is 361 g/mol. The molecule has 0 unspecified atom stereocenters. The zero-order chi connectivity index (χ0) is 18.4. The fraction of sp³-hybridized carbons (Fsp3) is 0.667. The van der Waals surface area contributed by atoms with Crippen LogP contribution < -0.4 is 5.32 Å². The number of rotatable bonds is 6. The Labute approximate surface area is 153 Å². The normalized spacial score (nSPS) is 21.3. The van der Waals surface area contributed by atoms with E-state index in [1.807, 2.05) is 19.3 Å². The number of nitrogens with zero attached hydrogens (tertiary/aromatic N) is 4. The Bertz CT molecular complexity index is 622. The molecule has 8 heteroatoms. The summed E-state index contributed by atoms with van der Waals surface area (Å²) in [6, 6.07) is 0.157. The minimum absolute atomic E-state index is 0.0835. The lowest BCUT2D eigenvalue weighted by atomic mass is 10.1. The number of carbonyl (C=O) groups excluding carboxylic acids is 2. The van der Waals surface area contributed by atoms with Crippen LogP contribution in [0.5, 0.6) is 0 Å². The standard InChI is InChI=1S/C18H27N5O3/c1-2-16-19-10-14(11-20-16)12-22-6-3-4-15(5-7-22)21-17(24)13-23-8-9-26-18(23)25/h10-11,15H,2-9,12-13H2,1H3,(H,21,24)/t15-/m0/s1. The van der Waals surface area contributed by atoms with Gasteiger partial charge in [0.1, 0.15) is 19.0 Å². The van der Waals surface area contributed by atoms with Gasteiger partial charge in [-0.1, -0.05) is 6.92 Å². The molecule has 0 radical (unpaired) electrons. The van der Waals surface area contributed by atoms with E-state index >= 15 is 0 Å². The first-order valence-electron chi connectivity index (χ1n) is 9.37. The number of nitrogens with one attached hydrogen (secondary N) is 1. The van der Waals surface area contributed by atoms with Crippen LogP contribution in [0.2, 0.25) is 0 Å². The molecule has 1 aromatic heterocycles. The molecule has 142 valence electrons. The molecule has 3 heterocycles. The molecule has 1 N–H and O–H groups in total. The molecule has 26 heavy (non-hydrogen) atoms. The molecule has 0 bridgehead atoms. The highest BCUT2D eigenvalue weighted by molar-refractivity contribution is 5.82. The topological polar surface area (TPSA) is 87.7 Å². The van der Waals surface area contributed by atoms with E-state index in [4.69, 9.17) is 4.74 Å². The van der Waals surface area contributed by atoms with E-state index in [0.29, 0.717) is 13.2 Å². The molecular formula is C18H27N5O3. The van der Waals surface area contributed by atoms with E-state index in [2.05, 4.69) is 20.2 Å². The van der Waals surface area contributed by atoms with Crippen molar-refractivity contribution >= 4 is 12.0 Å².